The summed E-state index contributed by atoms with van der Waals surface area (Å²) in [5.74, 6) is 2.50. The third-order valence-corrected chi connectivity index (χ3v) is 12.4. The molecular formula is C55H44N4O2Pt. The number of para-hydroxylation sites is 2. The number of hydrogen-bond acceptors (Lipinski definition) is 4. The predicted octanol–water partition coefficient (Wildman–Crippen LogP) is 14.8. The molecule has 0 bridgehead atoms. The van der Waals surface area contributed by atoms with Crippen LogP contribution >= 0.6 is 0 Å². The Balaban J connectivity index is 0.00000458. The molecule has 0 atom stereocenters. The van der Waals surface area contributed by atoms with E-state index in [0.717, 1.165) is 77.3 Å². The standard InChI is InChI=1S/C55H44N4O2.Pt/c1-31(2)42-28-38(36-14-9-8-10-15-36)29-43(32(3)4)52(42)58-48-19-12-11-18-46(48)56-54(58)37-16-13-17-39(27-37)61-40-24-35(7)51-44-25-33(5)34(6)26-49(44)59-53-41-22-23-60-50(41)21-20-47(53)57-55(59)45(51)30-40;/h8-26,28-29,31-32H,1-7H3;/q-2;+2. The first-order valence-electron chi connectivity index (χ1n) is 21.1. The van der Waals surface area contributed by atoms with Crippen LogP contribution in [-0.4, -0.2) is 18.9 Å². The van der Waals surface area contributed by atoms with Crippen LogP contribution < -0.4 is 4.74 Å². The van der Waals surface area contributed by atoms with Gasteiger partial charge in [0.2, 0.25) is 0 Å². The molecule has 0 aliphatic heterocycles. The molecular weight excluding hydrogens is 944 g/mol. The van der Waals surface area contributed by atoms with Crippen molar-refractivity contribution in [2.75, 3.05) is 0 Å². The van der Waals surface area contributed by atoms with Crippen LogP contribution in [0.2, 0.25) is 0 Å². The molecule has 0 spiro atoms. The van der Waals surface area contributed by atoms with Crippen LogP contribution in [0.4, 0.5) is 0 Å². The van der Waals surface area contributed by atoms with Gasteiger partial charge in [-0.1, -0.05) is 112 Å². The van der Waals surface area contributed by atoms with Crippen molar-refractivity contribution < 1.29 is 30.2 Å². The number of rotatable bonds is 7. The van der Waals surface area contributed by atoms with Gasteiger partial charge in [0.15, 0.2) is 0 Å². The zero-order valence-electron chi connectivity index (χ0n) is 35.7. The van der Waals surface area contributed by atoms with Crippen molar-refractivity contribution >= 4 is 60.4 Å². The molecule has 0 aliphatic rings. The molecule has 0 saturated carbocycles. The molecule has 0 N–H and O–H groups in total. The summed E-state index contributed by atoms with van der Waals surface area (Å²) in [6.45, 7) is 15.6. The number of benzene rings is 7. The molecule has 306 valence electrons. The summed E-state index contributed by atoms with van der Waals surface area (Å²) in [7, 11) is 0. The topological polar surface area (TPSA) is 57.5 Å². The predicted molar refractivity (Wildman–Crippen MR) is 250 cm³/mol. The minimum absolute atomic E-state index is 0. The molecule has 4 aromatic heterocycles. The molecule has 0 fully saturated rings. The van der Waals surface area contributed by atoms with Crippen LogP contribution in [0, 0.1) is 32.9 Å². The number of pyridine rings is 1. The monoisotopic (exact) mass is 987 g/mol. The summed E-state index contributed by atoms with van der Waals surface area (Å²) in [5, 5.41) is 4.19. The maximum atomic E-state index is 6.77. The molecule has 11 aromatic rings. The number of aromatic nitrogens is 4. The van der Waals surface area contributed by atoms with E-state index in [4.69, 9.17) is 19.1 Å². The van der Waals surface area contributed by atoms with Gasteiger partial charge in [0.1, 0.15) is 5.58 Å². The van der Waals surface area contributed by atoms with Crippen molar-refractivity contribution in [3.05, 3.63) is 168 Å². The van der Waals surface area contributed by atoms with Gasteiger partial charge >= 0.3 is 21.1 Å². The van der Waals surface area contributed by atoms with Gasteiger partial charge in [0, 0.05) is 28.1 Å². The first-order valence-corrected chi connectivity index (χ1v) is 21.1. The molecule has 0 saturated heterocycles. The van der Waals surface area contributed by atoms with Gasteiger partial charge in [-0.15, -0.1) is 29.3 Å². The zero-order valence-corrected chi connectivity index (χ0v) is 38.0. The Kier molecular flexibility index (Phi) is 9.68. The number of ether oxygens (including phenoxy) is 1. The van der Waals surface area contributed by atoms with Crippen molar-refractivity contribution in [2.24, 2.45) is 0 Å². The fraction of sp³-hybridized carbons (Fsp3) is 0.164. The van der Waals surface area contributed by atoms with E-state index in [9.17, 15) is 0 Å². The summed E-state index contributed by atoms with van der Waals surface area (Å²) in [4.78, 5) is 10.6. The molecule has 6 nitrogen and oxygen atoms in total. The average molecular weight is 988 g/mol. The summed E-state index contributed by atoms with van der Waals surface area (Å²) >= 11 is 0. The zero-order chi connectivity index (χ0) is 41.7. The van der Waals surface area contributed by atoms with Crippen LogP contribution in [0.15, 0.2) is 132 Å². The maximum Gasteiger partial charge on any atom is 2.00 e. The SMILES string of the molecule is Cc1cc2c3c(C)cc(Oc4[c-]c(-c5nc6ccccc6n5-c5c(C(C)C)cc(-c6ccccc6)cc5C(C)C)ccc4)[c-]c3c3nc4ccc5occc5c4n3c2cc1C.[Pt+2]. The van der Waals surface area contributed by atoms with Crippen molar-refractivity contribution in [1.29, 1.82) is 0 Å². The van der Waals surface area contributed by atoms with Crippen LogP contribution in [0.25, 0.3) is 88.6 Å². The van der Waals surface area contributed by atoms with Gasteiger partial charge in [0.05, 0.1) is 39.8 Å². The second-order valence-corrected chi connectivity index (χ2v) is 17.0. The van der Waals surface area contributed by atoms with Crippen molar-refractivity contribution in [3.8, 4) is 39.7 Å². The molecule has 62 heavy (non-hydrogen) atoms. The van der Waals surface area contributed by atoms with E-state index in [-0.39, 0.29) is 32.9 Å². The molecule has 4 heterocycles. The number of fused-ring (bicyclic) bond motifs is 11. The number of imidazole rings is 2. The third kappa shape index (κ3) is 6.26. The first-order chi connectivity index (χ1) is 29.6. The smallest absolute Gasteiger partial charge is 0.497 e. The largest absolute Gasteiger partial charge is 2.00 e. The molecule has 0 amide bonds. The van der Waals surface area contributed by atoms with Crippen LogP contribution in [-0.2, 0) is 21.1 Å². The van der Waals surface area contributed by atoms with E-state index in [1.165, 1.54) is 39.1 Å². The summed E-state index contributed by atoms with van der Waals surface area (Å²) in [5.41, 5.74) is 17.2. The van der Waals surface area contributed by atoms with Crippen molar-refractivity contribution in [3.63, 3.8) is 0 Å². The fourth-order valence-corrected chi connectivity index (χ4v) is 9.26. The van der Waals surface area contributed by atoms with E-state index in [2.05, 4.69) is 161 Å². The van der Waals surface area contributed by atoms with E-state index < -0.39 is 0 Å². The van der Waals surface area contributed by atoms with Gasteiger partial charge < -0.3 is 18.1 Å². The molecule has 0 unspecified atom stereocenters. The molecule has 7 aromatic carbocycles. The molecule has 0 aliphatic carbocycles. The van der Waals surface area contributed by atoms with Crippen molar-refractivity contribution in [2.45, 2.75) is 60.3 Å². The van der Waals surface area contributed by atoms with E-state index in [0.29, 0.717) is 11.5 Å². The number of aryl methyl sites for hydroxylation is 3. The van der Waals surface area contributed by atoms with Gasteiger partial charge in [-0.2, -0.15) is 0 Å². The number of nitrogens with zero attached hydrogens (tertiary/aromatic N) is 4. The Labute approximate surface area is 375 Å². The van der Waals surface area contributed by atoms with Gasteiger partial charge in [0.25, 0.3) is 0 Å². The molecule has 0 radical (unpaired) electrons. The Hall–Kier alpha value is -6.49. The summed E-state index contributed by atoms with van der Waals surface area (Å²) in [6.07, 6.45) is 1.75. The second kappa shape index (κ2) is 15.1. The van der Waals surface area contributed by atoms with Crippen LogP contribution in [0.3, 0.4) is 0 Å². The van der Waals surface area contributed by atoms with E-state index >= 15 is 0 Å². The second-order valence-electron chi connectivity index (χ2n) is 17.0. The van der Waals surface area contributed by atoms with Crippen molar-refractivity contribution in [1.82, 2.24) is 18.9 Å². The van der Waals surface area contributed by atoms with E-state index in [1.54, 1.807) is 6.26 Å². The minimum atomic E-state index is 0. The van der Waals surface area contributed by atoms with Gasteiger partial charge in [-0.25, -0.2) is 0 Å². The number of hydrogen-bond donors (Lipinski definition) is 0. The quantitative estimate of drug-likeness (QED) is 0.118. The molecule has 7 heteroatoms. The van der Waals surface area contributed by atoms with Crippen LogP contribution in [0.5, 0.6) is 11.5 Å². The van der Waals surface area contributed by atoms with Gasteiger partial charge in [-0.3, -0.25) is 9.97 Å². The molecule has 11 rings (SSSR count). The Morgan fingerprint density at radius 3 is 2.13 bits per heavy atom. The van der Waals surface area contributed by atoms with Crippen LogP contribution in [0.1, 0.15) is 67.3 Å². The summed E-state index contributed by atoms with van der Waals surface area (Å²) < 4.78 is 17.3. The third-order valence-electron chi connectivity index (χ3n) is 12.4. The Morgan fingerprint density at radius 1 is 0.613 bits per heavy atom. The van der Waals surface area contributed by atoms with E-state index in [1.807, 2.05) is 30.3 Å². The Morgan fingerprint density at radius 2 is 1.35 bits per heavy atom. The Bertz CT molecular complexity index is 3530. The maximum absolute atomic E-state index is 6.77. The first kappa shape index (κ1) is 39.6. The minimum Gasteiger partial charge on any atom is -0.497 e. The average Bonchev–Trinajstić information content (AvgIpc) is 4.00. The summed E-state index contributed by atoms with van der Waals surface area (Å²) in [6, 6.07) is 49.9. The number of furan rings is 1. The van der Waals surface area contributed by atoms with Gasteiger partial charge in [-0.05, 0) is 113 Å². The fourth-order valence-electron chi connectivity index (χ4n) is 9.26. The normalized spacial score (nSPS) is 12.0.